The molecule has 0 radical (unpaired) electrons. The SMILES string of the molecule is C=C[C@H]1O[C@@H]2OC(C)(C)O[C@@H]2[C@@H]1CCCI. The molecule has 0 aromatic heterocycles. The van der Waals surface area contributed by atoms with Gasteiger partial charge in [-0.3, -0.25) is 0 Å². The van der Waals surface area contributed by atoms with Crippen molar-refractivity contribution in [3.63, 3.8) is 0 Å². The zero-order valence-corrected chi connectivity index (χ0v) is 12.0. The van der Waals surface area contributed by atoms with Crippen molar-refractivity contribution in [2.75, 3.05) is 4.43 Å². The van der Waals surface area contributed by atoms with Gasteiger partial charge in [0.05, 0.1) is 6.10 Å². The Kier molecular flexibility index (Phi) is 3.93. The summed E-state index contributed by atoms with van der Waals surface area (Å²) in [6, 6.07) is 0. The highest BCUT2D eigenvalue weighted by atomic mass is 127. The first kappa shape index (κ1) is 12.8. The van der Waals surface area contributed by atoms with Crippen LogP contribution >= 0.6 is 22.6 Å². The Balaban J connectivity index is 2.04. The Labute approximate surface area is 111 Å². The lowest BCUT2D eigenvalue weighted by Crippen LogP contribution is -2.29. The van der Waals surface area contributed by atoms with Crippen LogP contribution in [0.15, 0.2) is 12.7 Å². The van der Waals surface area contributed by atoms with Crippen LogP contribution in [-0.2, 0) is 14.2 Å². The summed E-state index contributed by atoms with van der Waals surface area (Å²) in [6.07, 6.45) is 4.11. The normalized spacial score (nSPS) is 40.9. The van der Waals surface area contributed by atoms with Gasteiger partial charge in [-0.1, -0.05) is 28.7 Å². The van der Waals surface area contributed by atoms with Crippen LogP contribution < -0.4 is 0 Å². The monoisotopic (exact) mass is 338 g/mol. The second-order valence-electron chi connectivity index (χ2n) is 4.80. The molecule has 3 nitrogen and oxygen atoms in total. The standard InChI is InChI=1S/C12H19IO3/c1-4-9-8(6-5-7-13)10-11(14-9)16-12(2,3)15-10/h4,8-11H,1,5-7H2,2-3H3/t8-,9-,10-,11-/m1/s1. The smallest absolute Gasteiger partial charge is 0.188 e. The highest BCUT2D eigenvalue weighted by Crippen LogP contribution is 2.42. The lowest BCUT2D eigenvalue weighted by Gasteiger charge is -2.24. The molecule has 0 aromatic rings. The first-order valence-corrected chi connectivity index (χ1v) is 7.29. The summed E-state index contributed by atoms with van der Waals surface area (Å²) in [5.74, 6) is -0.122. The summed E-state index contributed by atoms with van der Waals surface area (Å²) in [6.45, 7) is 7.70. The zero-order valence-electron chi connectivity index (χ0n) is 9.82. The maximum absolute atomic E-state index is 5.92. The quantitative estimate of drug-likeness (QED) is 0.448. The molecule has 92 valence electrons. The van der Waals surface area contributed by atoms with Crippen molar-refractivity contribution in [3.8, 4) is 0 Å². The lowest BCUT2D eigenvalue weighted by molar-refractivity contribution is -0.205. The molecule has 0 spiro atoms. The molecule has 0 saturated carbocycles. The maximum atomic E-state index is 5.92. The predicted octanol–water partition coefficient (Wildman–Crippen LogP) is 2.88. The van der Waals surface area contributed by atoms with Crippen LogP contribution in [0.5, 0.6) is 0 Å². The summed E-state index contributed by atoms with van der Waals surface area (Å²) in [5, 5.41) is 0. The molecule has 2 rings (SSSR count). The Bertz CT molecular complexity index is 267. The van der Waals surface area contributed by atoms with Crippen molar-refractivity contribution in [1.29, 1.82) is 0 Å². The Morgan fingerprint density at radius 2 is 2.12 bits per heavy atom. The van der Waals surface area contributed by atoms with Crippen LogP contribution in [0.25, 0.3) is 0 Å². The van der Waals surface area contributed by atoms with Gasteiger partial charge in [-0.2, -0.15) is 0 Å². The highest BCUT2D eigenvalue weighted by Gasteiger charge is 2.53. The number of hydrogen-bond donors (Lipinski definition) is 0. The fourth-order valence-electron chi connectivity index (χ4n) is 2.47. The number of hydrogen-bond acceptors (Lipinski definition) is 3. The second-order valence-corrected chi connectivity index (χ2v) is 5.88. The van der Waals surface area contributed by atoms with Gasteiger partial charge in [-0.15, -0.1) is 6.58 Å². The molecule has 0 N–H and O–H groups in total. The van der Waals surface area contributed by atoms with Gasteiger partial charge in [0.1, 0.15) is 6.10 Å². The average Bonchev–Trinajstić information content (AvgIpc) is 2.67. The molecule has 2 aliphatic heterocycles. The minimum atomic E-state index is -0.510. The van der Waals surface area contributed by atoms with Gasteiger partial charge >= 0.3 is 0 Å². The molecular formula is C12H19IO3. The van der Waals surface area contributed by atoms with Gasteiger partial charge in [-0.05, 0) is 31.1 Å². The van der Waals surface area contributed by atoms with Crippen LogP contribution in [0.4, 0.5) is 0 Å². The number of rotatable bonds is 4. The van der Waals surface area contributed by atoms with Crippen molar-refractivity contribution in [2.24, 2.45) is 5.92 Å². The van der Waals surface area contributed by atoms with Crippen LogP contribution in [0.2, 0.25) is 0 Å². The van der Waals surface area contributed by atoms with E-state index in [0.717, 1.165) is 6.42 Å². The van der Waals surface area contributed by atoms with Gasteiger partial charge < -0.3 is 14.2 Å². The average molecular weight is 338 g/mol. The summed E-state index contributed by atoms with van der Waals surface area (Å²) in [5.41, 5.74) is 0. The van der Waals surface area contributed by atoms with Crippen LogP contribution in [0.3, 0.4) is 0 Å². The molecule has 0 bridgehead atoms. The molecule has 0 unspecified atom stereocenters. The zero-order chi connectivity index (χ0) is 11.8. The first-order valence-electron chi connectivity index (χ1n) is 5.77. The summed E-state index contributed by atoms with van der Waals surface area (Å²) in [4.78, 5) is 0. The van der Waals surface area contributed by atoms with Crippen molar-refractivity contribution in [1.82, 2.24) is 0 Å². The Morgan fingerprint density at radius 3 is 2.75 bits per heavy atom. The van der Waals surface area contributed by atoms with E-state index in [9.17, 15) is 0 Å². The molecular weight excluding hydrogens is 319 g/mol. The van der Waals surface area contributed by atoms with Gasteiger partial charge in [0, 0.05) is 5.92 Å². The van der Waals surface area contributed by atoms with E-state index in [-0.39, 0.29) is 18.5 Å². The van der Waals surface area contributed by atoms with Crippen molar-refractivity contribution in [3.05, 3.63) is 12.7 Å². The van der Waals surface area contributed by atoms with Gasteiger partial charge in [-0.25, -0.2) is 0 Å². The lowest BCUT2D eigenvalue weighted by atomic mass is 9.93. The van der Waals surface area contributed by atoms with Crippen LogP contribution in [-0.4, -0.2) is 28.7 Å². The molecule has 0 aromatic carbocycles. The summed E-state index contributed by atoms with van der Waals surface area (Å²) >= 11 is 2.40. The van der Waals surface area contributed by atoms with E-state index in [1.165, 1.54) is 10.8 Å². The van der Waals surface area contributed by atoms with Crippen LogP contribution in [0.1, 0.15) is 26.7 Å². The molecule has 2 aliphatic rings. The topological polar surface area (TPSA) is 27.7 Å². The van der Waals surface area contributed by atoms with Crippen molar-refractivity contribution < 1.29 is 14.2 Å². The fourth-order valence-corrected chi connectivity index (χ4v) is 2.91. The molecule has 4 heteroatoms. The summed E-state index contributed by atoms with van der Waals surface area (Å²) < 4.78 is 18.6. The minimum Gasteiger partial charge on any atom is -0.342 e. The van der Waals surface area contributed by atoms with E-state index in [2.05, 4.69) is 29.2 Å². The molecule has 0 amide bonds. The number of halogens is 1. The van der Waals surface area contributed by atoms with E-state index < -0.39 is 5.79 Å². The Morgan fingerprint density at radius 1 is 1.38 bits per heavy atom. The van der Waals surface area contributed by atoms with Gasteiger partial charge in [0.25, 0.3) is 0 Å². The molecule has 2 fully saturated rings. The first-order chi connectivity index (χ1) is 7.57. The van der Waals surface area contributed by atoms with E-state index >= 15 is 0 Å². The maximum Gasteiger partial charge on any atom is 0.188 e. The molecule has 16 heavy (non-hydrogen) atoms. The number of fused-ring (bicyclic) bond motifs is 1. The van der Waals surface area contributed by atoms with Crippen molar-refractivity contribution in [2.45, 2.75) is 51.0 Å². The van der Waals surface area contributed by atoms with E-state index in [1.54, 1.807) is 0 Å². The third-order valence-corrected chi connectivity index (χ3v) is 3.89. The molecule has 0 aliphatic carbocycles. The van der Waals surface area contributed by atoms with Crippen LogP contribution in [0, 0.1) is 5.92 Å². The third kappa shape index (κ3) is 2.44. The second kappa shape index (κ2) is 4.92. The highest BCUT2D eigenvalue weighted by molar-refractivity contribution is 14.1. The molecule has 4 atom stereocenters. The van der Waals surface area contributed by atoms with Gasteiger partial charge in [0.2, 0.25) is 0 Å². The largest absolute Gasteiger partial charge is 0.342 e. The number of ether oxygens (including phenoxy) is 3. The van der Waals surface area contributed by atoms with E-state index in [0.29, 0.717) is 5.92 Å². The number of alkyl halides is 1. The van der Waals surface area contributed by atoms with Crippen molar-refractivity contribution >= 4 is 22.6 Å². The molecule has 2 heterocycles. The third-order valence-electron chi connectivity index (χ3n) is 3.13. The fraction of sp³-hybridized carbons (Fsp3) is 0.833. The van der Waals surface area contributed by atoms with E-state index in [1.807, 2.05) is 19.9 Å². The molecule has 2 saturated heterocycles. The van der Waals surface area contributed by atoms with E-state index in [4.69, 9.17) is 14.2 Å². The minimum absolute atomic E-state index is 0.0703. The predicted molar refractivity (Wildman–Crippen MR) is 70.5 cm³/mol. The van der Waals surface area contributed by atoms with Gasteiger partial charge in [0.15, 0.2) is 12.1 Å². The summed E-state index contributed by atoms with van der Waals surface area (Å²) in [7, 11) is 0. The Hall–Kier alpha value is 0.350.